The van der Waals surface area contributed by atoms with Gasteiger partial charge in [-0.15, -0.1) is 0 Å². The third-order valence-corrected chi connectivity index (χ3v) is 6.24. The van der Waals surface area contributed by atoms with Crippen LogP contribution in [0, 0.1) is 0 Å². The lowest BCUT2D eigenvalue weighted by atomic mass is 9.93. The number of hydrazone groups is 1. The standard InChI is InChI=1S/C27H32N2O6/c1-8-24(30)29-20(16-13-22(32-5)26(34-7)23(14-16)33-6)15-19(28-29)17-9-10-21(31-4)18-11-12-27(2,3)35-25(17)18/h9-14,20H,8,15H2,1-7H3. The Labute approximate surface area is 206 Å². The van der Waals surface area contributed by atoms with Crippen LogP contribution in [0.15, 0.2) is 35.4 Å². The van der Waals surface area contributed by atoms with Crippen molar-refractivity contribution in [2.75, 3.05) is 28.4 Å². The lowest BCUT2D eigenvalue weighted by Crippen LogP contribution is -2.28. The maximum atomic E-state index is 13.0. The largest absolute Gasteiger partial charge is 0.496 e. The number of carbonyl (C=O) groups is 1. The van der Waals surface area contributed by atoms with Crippen LogP contribution in [0.3, 0.4) is 0 Å². The van der Waals surface area contributed by atoms with E-state index in [1.54, 1.807) is 33.4 Å². The third kappa shape index (κ3) is 4.40. The van der Waals surface area contributed by atoms with E-state index in [0.717, 1.165) is 28.2 Å². The second kappa shape index (κ2) is 9.52. The summed E-state index contributed by atoms with van der Waals surface area (Å²) in [6, 6.07) is 7.24. The van der Waals surface area contributed by atoms with Crippen molar-refractivity contribution in [3.8, 4) is 28.7 Å². The molecule has 2 aliphatic heterocycles. The fourth-order valence-electron chi connectivity index (χ4n) is 4.45. The predicted molar refractivity (Wildman–Crippen MR) is 134 cm³/mol. The molecule has 0 N–H and O–H groups in total. The molecule has 1 atom stereocenters. The van der Waals surface area contributed by atoms with Gasteiger partial charge in [0.25, 0.3) is 0 Å². The van der Waals surface area contributed by atoms with Crippen molar-refractivity contribution in [3.63, 3.8) is 0 Å². The maximum Gasteiger partial charge on any atom is 0.242 e. The van der Waals surface area contributed by atoms with Gasteiger partial charge in [0.05, 0.1) is 45.8 Å². The van der Waals surface area contributed by atoms with Crippen molar-refractivity contribution >= 4 is 17.7 Å². The molecular formula is C27H32N2O6. The second-order valence-corrected chi connectivity index (χ2v) is 8.91. The number of benzene rings is 2. The minimum atomic E-state index is -0.484. The van der Waals surface area contributed by atoms with Gasteiger partial charge in [0.1, 0.15) is 17.1 Å². The van der Waals surface area contributed by atoms with E-state index in [-0.39, 0.29) is 11.9 Å². The number of rotatable bonds is 7. The molecule has 35 heavy (non-hydrogen) atoms. The molecule has 1 unspecified atom stereocenters. The van der Waals surface area contributed by atoms with Crippen LogP contribution >= 0.6 is 0 Å². The van der Waals surface area contributed by atoms with E-state index in [1.165, 1.54) is 0 Å². The third-order valence-electron chi connectivity index (χ3n) is 6.24. The molecule has 4 rings (SSSR count). The van der Waals surface area contributed by atoms with Crippen molar-refractivity contribution in [2.45, 2.75) is 45.3 Å². The Balaban J connectivity index is 1.81. The van der Waals surface area contributed by atoms with Gasteiger partial charge in [-0.3, -0.25) is 4.79 Å². The smallest absolute Gasteiger partial charge is 0.242 e. The molecule has 2 aromatic rings. The predicted octanol–water partition coefficient (Wildman–Crippen LogP) is 4.99. The minimum absolute atomic E-state index is 0.0812. The second-order valence-electron chi connectivity index (χ2n) is 8.91. The Hall–Kier alpha value is -3.68. The summed E-state index contributed by atoms with van der Waals surface area (Å²) in [4.78, 5) is 13.0. The van der Waals surface area contributed by atoms with Gasteiger partial charge in [-0.1, -0.05) is 6.92 Å². The molecule has 2 aliphatic rings. The molecule has 186 valence electrons. The molecule has 1 amide bonds. The highest BCUT2D eigenvalue weighted by Gasteiger charge is 2.36. The summed E-state index contributed by atoms with van der Waals surface area (Å²) in [6.45, 7) is 5.82. The first-order valence-electron chi connectivity index (χ1n) is 11.6. The van der Waals surface area contributed by atoms with Gasteiger partial charge in [-0.2, -0.15) is 5.10 Å². The quantitative estimate of drug-likeness (QED) is 0.555. The van der Waals surface area contributed by atoms with E-state index in [1.807, 2.05) is 57.2 Å². The summed E-state index contributed by atoms with van der Waals surface area (Å²) in [5.41, 5.74) is 2.81. The molecular weight excluding hydrogens is 448 g/mol. The van der Waals surface area contributed by atoms with Crippen molar-refractivity contribution in [1.82, 2.24) is 5.01 Å². The molecule has 0 saturated heterocycles. The van der Waals surface area contributed by atoms with E-state index in [2.05, 4.69) is 0 Å². The highest BCUT2D eigenvalue weighted by Crippen LogP contribution is 2.45. The average molecular weight is 481 g/mol. The molecule has 0 aliphatic carbocycles. The van der Waals surface area contributed by atoms with Crippen molar-refractivity contribution in [3.05, 3.63) is 47.0 Å². The van der Waals surface area contributed by atoms with Gasteiger partial charge in [-0.25, -0.2) is 5.01 Å². The number of hydrogen-bond acceptors (Lipinski definition) is 7. The number of hydrogen-bond donors (Lipinski definition) is 0. The first-order chi connectivity index (χ1) is 16.8. The van der Waals surface area contributed by atoms with Crippen molar-refractivity contribution in [1.29, 1.82) is 0 Å². The Morgan fingerprint density at radius 3 is 2.29 bits per heavy atom. The van der Waals surface area contributed by atoms with Crippen LogP contribution < -0.4 is 23.7 Å². The Morgan fingerprint density at radius 1 is 1.06 bits per heavy atom. The summed E-state index contributed by atoms with van der Waals surface area (Å²) in [7, 11) is 6.34. The normalized spacial score (nSPS) is 17.9. The van der Waals surface area contributed by atoms with E-state index < -0.39 is 5.60 Å². The van der Waals surface area contributed by atoms with E-state index in [9.17, 15) is 4.79 Å². The fraction of sp³-hybridized carbons (Fsp3) is 0.407. The van der Waals surface area contributed by atoms with Gasteiger partial charge >= 0.3 is 0 Å². The average Bonchev–Trinajstić information content (AvgIpc) is 3.31. The number of ether oxygens (including phenoxy) is 5. The lowest BCUT2D eigenvalue weighted by molar-refractivity contribution is -0.132. The van der Waals surface area contributed by atoms with Crippen LogP contribution in [0.5, 0.6) is 28.7 Å². The highest BCUT2D eigenvalue weighted by molar-refractivity contribution is 6.06. The zero-order valence-corrected chi connectivity index (χ0v) is 21.3. The van der Waals surface area contributed by atoms with Crippen LogP contribution in [-0.2, 0) is 4.79 Å². The Kier molecular flexibility index (Phi) is 6.65. The zero-order chi connectivity index (χ0) is 25.3. The Bertz CT molecular complexity index is 1180. The van der Waals surface area contributed by atoms with Crippen LogP contribution in [0.2, 0.25) is 0 Å². The maximum absolute atomic E-state index is 13.0. The first-order valence-corrected chi connectivity index (χ1v) is 11.6. The topological polar surface area (TPSA) is 78.8 Å². The summed E-state index contributed by atoms with van der Waals surface area (Å²) in [6.07, 6.45) is 4.84. The van der Waals surface area contributed by atoms with Crippen LogP contribution in [0.25, 0.3) is 6.08 Å². The molecule has 2 aromatic carbocycles. The van der Waals surface area contributed by atoms with Gasteiger partial charge in [-0.05, 0) is 55.8 Å². The number of fused-ring (bicyclic) bond motifs is 1. The number of methoxy groups -OCH3 is 4. The van der Waals surface area contributed by atoms with E-state index in [0.29, 0.717) is 35.8 Å². The van der Waals surface area contributed by atoms with Crippen molar-refractivity contribution < 1.29 is 28.5 Å². The summed E-state index contributed by atoms with van der Waals surface area (Å²) < 4.78 is 28.5. The molecule has 0 saturated carbocycles. The molecule has 2 heterocycles. The molecule has 8 nitrogen and oxygen atoms in total. The molecule has 0 bridgehead atoms. The summed E-state index contributed by atoms with van der Waals surface area (Å²) in [5, 5.41) is 6.35. The highest BCUT2D eigenvalue weighted by atomic mass is 16.5. The number of carbonyl (C=O) groups excluding carboxylic acids is 1. The monoisotopic (exact) mass is 480 g/mol. The van der Waals surface area contributed by atoms with Crippen LogP contribution in [0.4, 0.5) is 0 Å². The van der Waals surface area contributed by atoms with E-state index >= 15 is 0 Å². The van der Waals surface area contributed by atoms with Gasteiger partial charge in [0, 0.05) is 18.4 Å². The van der Waals surface area contributed by atoms with Crippen LogP contribution in [-0.4, -0.2) is 50.7 Å². The fourth-order valence-corrected chi connectivity index (χ4v) is 4.45. The zero-order valence-electron chi connectivity index (χ0n) is 21.3. The summed E-state index contributed by atoms with van der Waals surface area (Å²) in [5.74, 6) is 2.88. The molecule has 0 spiro atoms. The first kappa shape index (κ1) is 24.4. The van der Waals surface area contributed by atoms with Gasteiger partial charge in [0.2, 0.25) is 11.7 Å². The minimum Gasteiger partial charge on any atom is -0.496 e. The molecule has 0 aromatic heterocycles. The van der Waals surface area contributed by atoms with Gasteiger partial charge < -0.3 is 23.7 Å². The molecule has 0 radical (unpaired) electrons. The summed E-state index contributed by atoms with van der Waals surface area (Å²) >= 11 is 0. The molecule has 8 heteroatoms. The molecule has 0 fully saturated rings. The van der Waals surface area contributed by atoms with Crippen molar-refractivity contribution in [2.24, 2.45) is 5.10 Å². The number of nitrogens with zero attached hydrogens (tertiary/aromatic N) is 2. The van der Waals surface area contributed by atoms with Crippen LogP contribution in [0.1, 0.15) is 56.3 Å². The number of amides is 1. The SMILES string of the molecule is CCC(=O)N1N=C(c2ccc(OC)c3c2OC(C)(C)C=C3)CC1c1cc(OC)c(OC)c(OC)c1. The van der Waals surface area contributed by atoms with E-state index in [4.69, 9.17) is 28.8 Å². The lowest BCUT2D eigenvalue weighted by Gasteiger charge is -2.30. The van der Waals surface area contributed by atoms with Gasteiger partial charge in [0.15, 0.2) is 11.5 Å². The Morgan fingerprint density at radius 2 is 1.71 bits per heavy atom.